The molecule has 6 aromatic rings. The minimum atomic E-state index is 0.169. The maximum absolute atomic E-state index is 6.48. The van der Waals surface area contributed by atoms with Gasteiger partial charge >= 0.3 is 0 Å². The molecule has 0 amide bonds. The van der Waals surface area contributed by atoms with Crippen molar-refractivity contribution in [1.29, 1.82) is 0 Å². The summed E-state index contributed by atoms with van der Waals surface area (Å²) in [6.07, 6.45) is 1.90. The van der Waals surface area contributed by atoms with Gasteiger partial charge < -0.3 is 28.4 Å². The molecule has 10 nitrogen and oxygen atoms in total. The SMILES string of the molecule is COc1cc2c(OC)nc3c4cc5c(cc4cc(OCc4cn(Cc6ccc(C)cc6)nn4)c3c2cc1OC)OCO5. The summed E-state index contributed by atoms with van der Waals surface area (Å²) in [5, 5.41) is 12.8. The molecule has 212 valence electrons. The number of fused-ring (bicyclic) bond motifs is 6. The number of methoxy groups -OCH3 is 3. The minimum Gasteiger partial charge on any atom is -0.493 e. The predicted octanol–water partition coefficient (Wildman–Crippen LogP) is 5.82. The van der Waals surface area contributed by atoms with Gasteiger partial charge in [-0.3, -0.25) is 0 Å². The van der Waals surface area contributed by atoms with E-state index in [9.17, 15) is 0 Å². The maximum Gasteiger partial charge on any atom is 0.231 e. The molecular weight excluding hydrogens is 536 g/mol. The first-order valence-electron chi connectivity index (χ1n) is 13.4. The summed E-state index contributed by atoms with van der Waals surface area (Å²) in [6.45, 7) is 3.07. The Labute approximate surface area is 241 Å². The Kier molecular flexibility index (Phi) is 6.30. The Morgan fingerprint density at radius 3 is 2.29 bits per heavy atom. The molecule has 7 rings (SSSR count). The molecule has 0 aliphatic carbocycles. The number of benzene rings is 4. The van der Waals surface area contributed by atoms with E-state index in [1.165, 1.54) is 5.56 Å². The van der Waals surface area contributed by atoms with Crippen molar-refractivity contribution in [2.45, 2.75) is 20.1 Å². The molecule has 0 fully saturated rings. The number of ether oxygens (including phenoxy) is 6. The van der Waals surface area contributed by atoms with Crippen LogP contribution in [0.4, 0.5) is 0 Å². The zero-order chi connectivity index (χ0) is 28.8. The third kappa shape index (κ3) is 4.41. The second-order valence-corrected chi connectivity index (χ2v) is 10.1. The molecule has 0 radical (unpaired) electrons. The van der Waals surface area contributed by atoms with Crippen molar-refractivity contribution in [1.82, 2.24) is 20.0 Å². The smallest absolute Gasteiger partial charge is 0.231 e. The average molecular weight is 565 g/mol. The summed E-state index contributed by atoms with van der Waals surface area (Å²) in [6, 6.07) is 18.0. The largest absolute Gasteiger partial charge is 0.493 e. The van der Waals surface area contributed by atoms with Gasteiger partial charge in [-0.15, -0.1) is 5.10 Å². The molecule has 4 aromatic carbocycles. The summed E-state index contributed by atoms with van der Waals surface area (Å²) in [5.74, 6) is 3.56. The van der Waals surface area contributed by atoms with Gasteiger partial charge in [-0.1, -0.05) is 35.0 Å². The summed E-state index contributed by atoms with van der Waals surface area (Å²) < 4.78 is 36.6. The second kappa shape index (κ2) is 10.3. The van der Waals surface area contributed by atoms with E-state index in [-0.39, 0.29) is 13.4 Å². The molecule has 10 heteroatoms. The first kappa shape index (κ1) is 25.7. The Morgan fingerprint density at radius 2 is 1.55 bits per heavy atom. The van der Waals surface area contributed by atoms with Crippen LogP contribution in [0.25, 0.3) is 32.4 Å². The number of nitrogens with zero attached hydrogens (tertiary/aromatic N) is 4. The third-order valence-electron chi connectivity index (χ3n) is 7.43. The van der Waals surface area contributed by atoms with E-state index < -0.39 is 0 Å². The van der Waals surface area contributed by atoms with Crippen LogP contribution < -0.4 is 28.4 Å². The lowest BCUT2D eigenvalue weighted by atomic mass is 9.99. The number of pyridine rings is 1. The number of hydrogen-bond acceptors (Lipinski definition) is 9. The molecule has 0 bridgehead atoms. The highest BCUT2D eigenvalue weighted by Crippen LogP contribution is 2.46. The molecule has 0 saturated heterocycles. The van der Waals surface area contributed by atoms with Gasteiger partial charge in [-0.2, -0.15) is 0 Å². The average Bonchev–Trinajstić information content (AvgIpc) is 3.67. The lowest BCUT2D eigenvalue weighted by Gasteiger charge is -2.17. The van der Waals surface area contributed by atoms with E-state index in [0.29, 0.717) is 52.4 Å². The molecule has 2 aromatic heterocycles. The van der Waals surface area contributed by atoms with Gasteiger partial charge in [0.05, 0.1) is 45.0 Å². The molecular formula is C32H28N4O6. The van der Waals surface area contributed by atoms with Crippen LogP contribution in [0.15, 0.2) is 60.8 Å². The Morgan fingerprint density at radius 1 is 0.810 bits per heavy atom. The highest BCUT2D eigenvalue weighted by molar-refractivity contribution is 6.20. The highest BCUT2D eigenvalue weighted by Gasteiger charge is 2.22. The topological polar surface area (TPSA) is 99.0 Å². The maximum atomic E-state index is 6.48. The van der Waals surface area contributed by atoms with Crippen LogP contribution in [0.3, 0.4) is 0 Å². The highest BCUT2D eigenvalue weighted by atomic mass is 16.7. The Balaban J connectivity index is 1.36. The molecule has 0 atom stereocenters. The van der Waals surface area contributed by atoms with Gasteiger partial charge in [-0.05, 0) is 48.2 Å². The van der Waals surface area contributed by atoms with Crippen molar-refractivity contribution in [3.63, 3.8) is 0 Å². The number of hydrogen-bond donors (Lipinski definition) is 0. The van der Waals surface area contributed by atoms with Crippen LogP contribution in [0.1, 0.15) is 16.8 Å². The lowest BCUT2D eigenvalue weighted by molar-refractivity contribution is 0.174. The fourth-order valence-electron chi connectivity index (χ4n) is 5.33. The van der Waals surface area contributed by atoms with E-state index in [4.69, 9.17) is 33.4 Å². The standard InChI is InChI=1S/C32H28N4O6/c1-18-5-7-19(8-6-18)14-36-15-21(34-35-36)16-40-29-10-20-9-27-28(42-17-41-27)11-22(20)31-30(29)23-12-25(37-2)26(38-3)13-24(23)32(33-31)39-4/h5-13,15H,14,16-17H2,1-4H3. The summed E-state index contributed by atoms with van der Waals surface area (Å²) in [5.41, 5.74) is 3.76. The predicted molar refractivity (Wildman–Crippen MR) is 157 cm³/mol. The van der Waals surface area contributed by atoms with Crippen molar-refractivity contribution in [2.24, 2.45) is 0 Å². The first-order chi connectivity index (χ1) is 20.5. The summed E-state index contributed by atoms with van der Waals surface area (Å²) in [4.78, 5) is 4.95. The minimum absolute atomic E-state index is 0.169. The number of rotatable bonds is 8. The van der Waals surface area contributed by atoms with Gasteiger partial charge in [0.15, 0.2) is 23.0 Å². The van der Waals surface area contributed by atoms with Crippen LogP contribution in [0.5, 0.6) is 34.6 Å². The fraction of sp³-hybridized carbons (Fsp3) is 0.219. The molecule has 0 saturated carbocycles. The van der Waals surface area contributed by atoms with E-state index in [1.54, 1.807) is 21.3 Å². The van der Waals surface area contributed by atoms with Crippen molar-refractivity contribution >= 4 is 32.4 Å². The van der Waals surface area contributed by atoms with E-state index in [1.807, 2.05) is 41.2 Å². The zero-order valence-electron chi connectivity index (χ0n) is 23.6. The third-order valence-corrected chi connectivity index (χ3v) is 7.43. The monoisotopic (exact) mass is 564 g/mol. The summed E-state index contributed by atoms with van der Waals surface area (Å²) in [7, 11) is 4.81. The van der Waals surface area contributed by atoms with Crippen LogP contribution >= 0.6 is 0 Å². The second-order valence-electron chi connectivity index (χ2n) is 10.1. The molecule has 0 spiro atoms. The molecule has 3 heterocycles. The van der Waals surface area contributed by atoms with Crippen molar-refractivity contribution in [2.75, 3.05) is 28.1 Å². The van der Waals surface area contributed by atoms with Crippen LogP contribution in [0.2, 0.25) is 0 Å². The molecule has 1 aliphatic heterocycles. The number of aromatic nitrogens is 4. The van der Waals surface area contributed by atoms with Gasteiger partial charge in [-0.25, -0.2) is 9.67 Å². The fourth-order valence-corrected chi connectivity index (χ4v) is 5.33. The van der Waals surface area contributed by atoms with Gasteiger partial charge in [0.25, 0.3) is 0 Å². The number of aryl methyl sites for hydroxylation is 1. The zero-order valence-corrected chi connectivity index (χ0v) is 23.6. The molecule has 1 aliphatic rings. The Hall–Kier alpha value is -5.25. The first-order valence-corrected chi connectivity index (χ1v) is 13.4. The van der Waals surface area contributed by atoms with Crippen molar-refractivity contribution in [3.05, 3.63) is 77.6 Å². The van der Waals surface area contributed by atoms with E-state index >= 15 is 0 Å². The van der Waals surface area contributed by atoms with Crippen LogP contribution in [-0.4, -0.2) is 48.1 Å². The quantitative estimate of drug-likeness (QED) is 0.212. The van der Waals surface area contributed by atoms with E-state index in [2.05, 4.69) is 41.5 Å². The van der Waals surface area contributed by atoms with Crippen LogP contribution in [0, 0.1) is 6.92 Å². The van der Waals surface area contributed by atoms with Crippen LogP contribution in [-0.2, 0) is 13.2 Å². The molecule has 0 unspecified atom stereocenters. The van der Waals surface area contributed by atoms with Crippen molar-refractivity contribution < 1.29 is 28.4 Å². The molecule has 0 N–H and O–H groups in total. The van der Waals surface area contributed by atoms with Gasteiger partial charge in [0, 0.05) is 16.2 Å². The van der Waals surface area contributed by atoms with Crippen molar-refractivity contribution in [3.8, 4) is 34.6 Å². The van der Waals surface area contributed by atoms with E-state index in [0.717, 1.165) is 32.5 Å². The summed E-state index contributed by atoms with van der Waals surface area (Å²) >= 11 is 0. The van der Waals surface area contributed by atoms with Gasteiger partial charge in [0.1, 0.15) is 18.1 Å². The molecule has 42 heavy (non-hydrogen) atoms. The normalized spacial score (nSPS) is 12.3. The Bertz CT molecular complexity index is 1970. The lowest BCUT2D eigenvalue weighted by Crippen LogP contribution is -2.01. The van der Waals surface area contributed by atoms with Gasteiger partial charge in [0.2, 0.25) is 12.7 Å².